The van der Waals surface area contributed by atoms with Gasteiger partial charge >= 0.3 is 0 Å². The molecule has 1 aromatic heterocycles. The third kappa shape index (κ3) is 2.75. The van der Waals surface area contributed by atoms with Crippen LogP contribution in [0.1, 0.15) is 36.2 Å². The van der Waals surface area contributed by atoms with E-state index >= 15 is 0 Å². The Bertz CT molecular complexity index is 478. The van der Waals surface area contributed by atoms with Gasteiger partial charge in [-0.3, -0.25) is 14.7 Å². The maximum absolute atomic E-state index is 12.3. The van der Waals surface area contributed by atoms with Gasteiger partial charge in [0.25, 0.3) is 5.91 Å². The smallest absolute Gasteiger partial charge is 0.274 e. The van der Waals surface area contributed by atoms with Crippen molar-refractivity contribution in [2.75, 3.05) is 31.9 Å². The Labute approximate surface area is 119 Å². The number of nitrogens with zero attached hydrogens (tertiary/aromatic N) is 4. The lowest BCUT2D eigenvalue weighted by Gasteiger charge is -2.37. The highest BCUT2D eigenvalue weighted by atomic mass is 16.2. The second kappa shape index (κ2) is 5.75. The fraction of sp³-hybridized carbons (Fsp3) is 0.643. The summed E-state index contributed by atoms with van der Waals surface area (Å²) in [4.78, 5) is 24.7. The summed E-state index contributed by atoms with van der Waals surface area (Å²) in [6, 6.07) is 0.736. The van der Waals surface area contributed by atoms with Crippen molar-refractivity contribution in [3.05, 3.63) is 18.1 Å². The van der Waals surface area contributed by atoms with Crippen LogP contribution in [0.4, 0.5) is 5.82 Å². The van der Waals surface area contributed by atoms with Crippen molar-refractivity contribution in [2.24, 2.45) is 0 Å². The van der Waals surface area contributed by atoms with Crippen LogP contribution < -0.4 is 5.73 Å². The molecule has 0 bridgehead atoms. The van der Waals surface area contributed by atoms with Crippen molar-refractivity contribution in [3.63, 3.8) is 0 Å². The second-order valence-electron chi connectivity index (χ2n) is 5.60. The highest BCUT2D eigenvalue weighted by molar-refractivity contribution is 5.92. The van der Waals surface area contributed by atoms with Gasteiger partial charge in [-0.05, 0) is 12.8 Å². The van der Waals surface area contributed by atoms with Crippen molar-refractivity contribution in [2.45, 2.75) is 31.7 Å². The molecular formula is C14H21N5O. The summed E-state index contributed by atoms with van der Waals surface area (Å²) in [7, 11) is 0. The third-order valence-corrected chi connectivity index (χ3v) is 4.31. The van der Waals surface area contributed by atoms with Gasteiger partial charge in [-0.2, -0.15) is 0 Å². The summed E-state index contributed by atoms with van der Waals surface area (Å²) in [5.74, 6) is 0.233. The van der Waals surface area contributed by atoms with Crippen LogP contribution in [0.2, 0.25) is 0 Å². The summed E-state index contributed by atoms with van der Waals surface area (Å²) >= 11 is 0. The Balaban J connectivity index is 1.58. The maximum atomic E-state index is 12.3. The molecule has 0 aromatic carbocycles. The van der Waals surface area contributed by atoms with E-state index in [9.17, 15) is 4.79 Å². The molecule has 108 valence electrons. The minimum absolute atomic E-state index is 0.0594. The minimum atomic E-state index is -0.0594. The first kappa shape index (κ1) is 13.3. The van der Waals surface area contributed by atoms with E-state index in [4.69, 9.17) is 5.73 Å². The molecule has 6 nitrogen and oxygen atoms in total. The molecule has 2 aliphatic rings. The number of carbonyl (C=O) groups excluding carboxylic acids is 1. The first-order valence-electron chi connectivity index (χ1n) is 7.35. The number of hydrogen-bond donors (Lipinski definition) is 1. The van der Waals surface area contributed by atoms with E-state index in [0.717, 1.165) is 32.2 Å². The van der Waals surface area contributed by atoms with Gasteiger partial charge in [-0.15, -0.1) is 0 Å². The Kier molecular flexibility index (Phi) is 3.82. The Morgan fingerprint density at radius 1 is 1.15 bits per heavy atom. The largest absolute Gasteiger partial charge is 0.382 e. The number of aromatic nitrogens is 2. The third-order valence-electron chi connectivity index (χ3n) is 4.31. The lowest BCUT2D eigenvalue weighted by atomic mass is 10.1. The number of hydrogen-bond acceptors (Lipinski definition) is 5. The van der Waals surface area contributed by atoms with Gasteiger partial charge in [0.1, 0.15) is 11.5 Å². The lowest BCUT2D eigenvalue weighted by Crippen LogP contribution is -2.51. The molecule has 2 fully saturated rings. The summed E-state index contributed by atoms with van der Waals surface area (Å²) in [6.45, 7) is 3.47. The summed E-state index contributed by atoms with van der Waals surface area (Å²) in [5, 5.41) is 0. The molecule has 0 unspecified atom stereocenters. The Morgan fingerprint density at radius 3 is 2.50 bits per heavy atom. The summed E-state index contributed by atoms with van der Waals surface area (Å²) < 4.78 is 0. The zero-order valence-corrected chi connectivity index (χ0v) is 11.7. The fourth-order valence-corrected chi connectivity index (χ4v) is 3.21. The molecule has 2 N–H and O–H groups in total. The van der Waals surface area contributed by atoms with Crippen LogP contribution >= 0.6 is 0 Å². The van der Waals surface area contributed by atoms with Gasteiger partial charge in [-0.25, -0.2) is 4.98 Å². The molecular weight excluding hydrogens is 254 g/mol. The van der Waals surface area contributed by atoms with Crippen molar-refractivity contribution in [1.82, 2.24) is 19.8 Å². The van der Waals surface area contributed by atoms with Gasteiger partial charge < -0.3 is 10.6 Å². The van der Waals surface area contributed by atoms with Crippen LogP contribution in [0.25, 0.3) is 0 Å². The number of anilines is 1. The number of piperazine rings is 1. The van der Waals surface area contributed by atoms with Crippen LogP contribution in [-0.4, -0.2) is 57.9 Å². The molecule has 20 heavy (non-hydrogen) atoms. The maximum Gasteiger partial charge on any atom is 0.274 e. The topological polar surface area (TPSA) is 75.3 Å². The zero-order valence-electron chi connectivity index (χ0n) is 11.7. The zero-order chi connectivity index (χ0) is 13.9. The van der Waals surface area contributed by atoms with Crippen molar-refractivity contribution >= 4 is 11.7 Å². The molecule has 1 aliphatic carbocycles. The molecule has 1 aliphatic heterocycles. The van der Waals surface area contributed by atoms with Gasteiger partial charge in [0.2, 0.25) is 0 Å². The number of nitrogens with two attached hydrogens (primary N) is 1. The molecule has 1 saturated carbocycles. The molecule has 0 spiro atoms. The normalized spacial score (nSPS) is 21.3. The van der Waals surface area contributed by atoms with E-state index in [2.05, 4.69) is 14.9 Å². The predicted octanol–water partition coefficient (Wildman–Crippen LogP) is 0.759. The first-order chi connectivity index (χ1) is 9.74. The quantitative estimate of drug-likeness (QED) is 0.862. The van der Waals surface area contributed by atoms with Crippen LogP contribution in [0.3, 0.4) is 0 Å². The highest BCUT2D eigenvalue weighted by Gasteiger charge is 2.28. The average Bonchev–Trinajstić information content (AvgIpc) is 3.01. The molecule has 0 atom stereocenters. The van der Waals surface area contributed by atoms with Gasteiger partial charge in [0, 0.05) is 32.2 Å². The van der Waals surface area contributed by atoms with Crippen LogP contribution in [0.5, 0.6) is 0 Å². The second-order valence-corrected chi connectivity index (χ2v) is 5.60. The lowest BCUT2D eigenvalue weighted by molar-refractivity contribution is 0.0567. The van der Waals surface area contributed by atoms with Crippen molar-refractivity contribution in [3.8, 4) is 0 Å². The summed E-state index contributed by atoms with van der Waals surface area (Å²) in [6.07, 6.45) is 8.27. The molecule has 1 amide bonds. The molecule has 1 aromatic rings. The SMILES string of the molecule is Nc1cncc(C(=O)N2CCN(C3CCCC3)CC2)n1. The van der Waals surface area contributed by atoms with E-state index in [1.165, 1.54) is 38.1 Å². The molecule has 0 radical (unpaired) electrons. The molecule has 2 heterocycles. The van der Waals surface area contributed by atoms with Crippen molar-refractivity contribution < 1.29 is 4.79 Å². The number of amides is 1. The number of carbonyl (C=O) groups is 1. The van der Waals surface area contributed by atoms with Crippen LogP contribution in [0, 0.1) is 0 Å². The Morgan fingerprint density at radius 2 is 1.85 bits per heavy atom. The molecule has 3 rings (SSSR count). The average molecular weight is 275 g/mol. The first-order valence-corrected chi connectivity index (χ1v) is 7.35. The molecule has 1 saturated heterocycles. The monoisotopic (exact) mass is 275 g/mol. The minimum Gasteiger partial charge on any atom is -0.382 e. The van der Waals surface area contributed by atoms with Crippen molar-refractivity contribution in [1.29, 1.82) is 0 Å². The summed E-state index contributed by atoms with van der Waals surface area (Å²) in [5.41, 5.74) is 5.92. The number of rotatable bonds is 2. The van der Waals surface area contributed by atoms with E-state index < -0.39 is 0 Å². The van der Waals surface area contributed by atoms with Crippen LogP contribution in [-0.2, 0) is 0 Å². The van der Waals surface area contributed by atoms with E-state index in [1.807, 2.05) is 4.90 Å². The van der Waals surface area contributed by atoms with Crippen LogP contribution in [0.15, 0.2) is 12.4 Å². The Hall–Kier alpha value is -1.69. The fourth-order valence-electron chi connectivity index (χ4n) is 3.21. The van der Waals surface area contributed by atoms with E-state index in [0.29, 0.717) is 11.5 Å². The standard InChI is InChI=1S/C14H21N5O/c15-13-10-16-9-12(17-13)14(20)19-7-5-18(6-8-19)11-3-1-2-4-11/h9-11H,1-8H2,(H2,15,17). The van der Waals surface area contributed by atoms with E-state index in [-0.39, 0.29) is 5.91 Å². The van der Waals surface area contributed by atoms with Gasteiger partial charge in [-0.1, -0.05) is 12.8 Å². The van der Waals surface area contributed by atoms with Gasteiger partial charge in [0.05, 0.1) is 12.4 Å². The predicted molar refractivity (Wildman–Crippen MR) is 76.2 cm³/mol. The molecule has 6 heteroatoms. The number of nitrogen functional groups attached to an aromatic ring is 1. The van der Waals surface area contributed by atoms with E-state index in [1.54, 1.807) is 0 Å². The van der Waals surface area contributed by atoms with Gasteiger partial charge in [0.15, 0.2) is 0 Å². The highest BCUT2D eigenvalue weighted by Crippen LogP contribution is 2.24.